The van der Waals surface area contributed by atoms with Crippen LogP contribution in [0.5, 0.6) is 5.75 Å². The second-order valence-corrected chi connectivity index (χ2v) is 14.2. The molecule has 42 heavy (non-hydrogen) atoms. The maximum atomic E-state index is 12.7. The minimum Gasteiger partial charge on any atom is -0.491 e. The zero-order valence-corrected chi connectivity index (χ0v) is 25.8. The second-order valence-electron chi connectivity index (χ2n) is 13.2. The van der Waals surface area contributed by atoms with Gasteiger partial charge in [-0.15, -0.1) is 11.8 Å². The van der Waals surface area contributed by atoms with Crippen LogP contribution in [0.3, 0.4) is 0 Å². The first-order valence-corrected chi connectivity index (χ1v) is 16.2. The summed E-state index contributed by atoms with van der Waals surface area (Å²) in [5.74, 6) is 1.25. The molecule has 2 saturated heterocycles. The zero-order valence-electron chi connectivity index (χ0n) is 24.9. The van der Waals surface area contributed by atoms with Gasteiger partial charge in [-0.05, 0) is 49.0 Å². The fraction of sp³-hybridized carbons (Fsp3) is 0.529. The van der Waals surface area contributed by atoms with Crippen LogP contribution in [0.4, 0.5) is 0 Å². The van der Waals surface area contributed by atoms with E-state index in [2.05, 4.69) is 42.7 Å². The highest BCUT2D eigenvalue weighted by Gasteiger charge is 2.46. The number of benzene rings is 2. The van der Waals surface area contributed by atoms with Crippen LogP contribution in [0, 0.1) is 0 Å². The van der Waals surface area contributed by atoms with E-state index in [0.29, 0.717) is 41.2 Å². The van der Waals surface area contributed by atoms with E-state index in [0.717, 1.165) is 63.2 Å². The van der Waals surface area contributed by atoms with Crippen molar-refractivity contribution in [2.75, 3.05) is 45.1 Å². The van der Waals surface area contributed by atoms with Gasteiger partial charge in [0.2, 0.25) is 11.6 Å². The van der Waals surface area contributed by atoms with E-state index < -0.39 is 17.7 Å². The Balaban J connectivity index is 0.962. The van der Waals surface area contributed by atoms with Gasteiger partial charge in [-0.25, -0.2) is 0 Å². The number of allylic oxidation sites excluding steroid dienone is 1. The summed E-state index contributed by atoms with van der Waals surface area (Å²) >= 11 is 1.50. The van der Waals surface area contributed by atoms with Crippen LogP contribution in [-0.4, -0.2) is 89.3 Å². The molecule has 3 aliphatic heterocycles. The third-order valence-electron chi connectivity index (χ3n) is 9.25. The summed E-state index contributed by atoms with van der Waals surface area (Å²) in [5.41, 5.74) is 2.28. The highest BCUT2D eigenvalue weighted by atomic mass is 32.2. The molecule has 1 N–H and O–H groups in total. The summed E-state index contributed by atoms with van der Waals surface area (Å²) in [6.07, 6.45) is 3.47. The molecule has 0 bridgehead atoms. The lowest BCUT2D eigenvalue weighted by Gasteiger charge is -2.48. The molecule has 224 valence electrons. The van der Waals surface area contributed by atoms with E-state index in [1.165, 1.54) is 17.3 Å². The number of likely N-dealkylation sites (tertiary alicyclic amines) is 2. The number of aliphatic hydroxyl groups is 1. The molecule has 2 aromatic rings. The first-order valence-electron chi connectivity index (χ1n) is 15.2. The van der Waals surface area contributed by atoms with Crippen molar-refractivity contribution in [3.05, 3.63) is 70.1 Å². The number of fused-ring (bicyclic) bond motifs is 2. The average Bonchev–Trinajstić information content (AvgIpc) is 2.99. The molecular weight excluding hydrogens is 548 g/mol. The minimum atomic E-state index is -0.522. The number of aliphatic hydroxyl groups excluding tert-OH is 1. The first-order chi connectivity index (χ1) is 20.1. The van der Waals surface area contributed by atoms with Crippen molar-refractivity contribution in [1.29, 1.82) is 0 Å². The molecule has 3 heterocycles. The lowest BCUT2D eigenvalue weighted by molar-refractivity contribution is -0.111. The highest BCUT2D eigenvalue weighted by Crippen LogP contribution is 2.47. The molecule has 1 atom stereocenters. The van der Waals surface area contributed by atoms with Crippen LogP contribution in [0.25, 0.3) is 5.76 Å². The lowest BCUT2D eigenvalue weighted by Crippen LogP contribution is -2.54. The van der Waals surface area contributed by atoms with E-state index in [-0.39, 0.29) is 11.0 Å². The van der Waals surface area contributed by atoms with Crippen molar-refractivity contribution in [2.45, 2.75) is 69.6 Å². The predicted octanol–water partition coefficient (Wildman–Crippen LogP) is 4.92. The molecular formula is C34H42N2O5S. The van der Waals surface area contributed by atoms with Gasteiger partial charge in [0.25, 0.3) is 0 Å². The molecule has 0 amide bonds. The monoisotopic (exact) mass is 590 g/mol. The standard InChI is InChI=1S/C34H42N2O5S/c1-33(2,3)23-8-10-26(11-9-23)40-21-25(37)20-35-16-12-24(13-17-35)36-18-14-34(15-19-36)22-42-32-30(39)29(38)27-6-4-5-7-28(27)31(32)41-34/h4-11,24-25,37H,12-22H2,1-3H3/t25-/m0/s1. The summed E-state index contributed by atoms with van der Waals surface area (Å²) in [7, 11) is 0. The van der Waals surface area contributed by atoms with E-state index in [1.54, 1.807) is 12.1 Å². The Morgan fingerprint density at radius 3 is 2.31 bits per heavy atom. The van der Waals surface area contributed by atoms with E-state index in [9.17, 15) is 14.7 Å². The molecule has 0 saturated carbocycles. The Labute approximate surface area is 253 Å². The van der Waals surface area contributed by atoms with Crippen LogP contribution >= 0.6 is 11.8 Å². The third-order valence-corrected chi connectivity index (χ3v) is 10.6. The van der Waals surface area contributed by atoms with Crippen molar-refractivity contribution < 1.29 is 24.2 Å². The number of Topliss-reactive ketones (excluding diaryl/α,β-unsaturated/α-hetero) is 2. The maximum absolute atomic E-state index is 12.7. The third kappa shape index (κ3) is 6.05. The van der Waals surface area contributed by atoms with Gasteiger partial charge in [0.15, 0.2) is 0 Å². The number of carbonyl (C=O) groups is 2. The molecule has 2 fully saturated rings. The van der Waals surface area contributed by atoms with E-state index in [4.69, 9.17) is 9.47 Å². The Morgan fingerprint density at radius 1 is 0.976 bits per heavy atom. The summed E-state index contributed by atoms with van der Waals surface area (Å²) in [6.45, 7) is 11.4. The van der Waals surface area contributed by atoms with Crippen LogP contribution in [0.2, 0.25) is 0 Å². The first kappa shape index (κ1) is 29.4. The van der Waals surface area contributed by atoms with Gasteiger partial charge >= 0.3 is 0 Å². The molecule has 4 aliphatic rings. The number of β-amino-alcohol motifs (C(OH)–C–C–N with tert-alkyl or cyclic N) is 1. The summed E-state index contributed by atoms with van der Waals surface area (Å²) in [4.78, 5) is 30.8. The number of hydrogen-bond acceptors (Lipinski definition) is 8. The molecule has 0 radical (unpaired) electrons. The van der Waals surface area contributed by atoms with Gasteiger partial charge in [-0.1, -0.05) is 57.2 Å². The van der Waals surface area contributed by atoms with E-state index in [1.807, 2.05) is 24.3 Å². The number of rotatable bonds is 6. The number of thioether (sulfide) groups is 1. The fourth-order valence-electron chi connectivity index (χ4n) is 6.62. The lowest BCUT2D eigenvalue weighted by atomic mass is 9.87. The minimum absolute atomic E-state index is 0.108. The molecule has 8 heteroatoms. The van der Waals surface area contributed by atoms with Gasteiger partial charge in [0.05, 0.1) is 0 Å². The van der Waals surface area contributed by atoms with Crippen molar-refractivity contribution in [1.82, 2.24) is 9.80 Å². The molecule has 1 aliphatic carbocycles. The topological polar surface area (TPSA) is 79.3 Å². The van der Waals surface area contributed by atoms with Gasteiger partial charge in [0.1, 0.15) is 34.7 Å². The number of carbonyl (C=O) groups excluding carboxylic acids is 2. The van der Waals surface area contributed by atoms with Crippen LogP contribution in [-0.2, 0) is 14.9 Å². The predicted molar refractivity (Wildman–Crippen MR) is 166 cm³/mol. The van der Waals surface area contributed by atoms with Crippen LogP contribution in [0.15, 0.2) is 53.4 Å². The summed E-state index contributed by atoms with van der Waals surface area (Å²) in [6, 6.07) is 16.0. The van der Waals surface area contributed by atoms with Crippen LogP contribution in [0.1, 0.15) is 67.9 Å². The largest absolute Gasteiger partial charge is 0.491 e. The van der Waals surface area contributed by atoms with Gasteiger partial charge in [-0.3, -0.25) is 14.5 Å². The zero-order chi connectivity index (χ0) is 29.5. The number of nitrogens with zero attached hydrogens (tertiary/aromatic N) is 2. The second kappa shape index (κ2) is 11.8. The Morgan fingerprint density at radius 2 is 1.64 bits per heavy atom. The quantitative estimate of drug-likeness (QED) is 0.475. The Hall–Kier alpha value is -2.65. The SMILES string of the molecule is CC(C)(C)c1ccc(OC[C@@H](O)CN2CCC(N3CCC4(CC3)CSC3=C(O4)c4ccccc4C(=O)C3=O)CC2)cc1. The van der Waals surface area contributed by atoms with Crippen molar-refractivity contribution in [2.24, 2.45) is 0 Å². The smallest absolute Gasteiger partial charge is 0.243 e. The normalized spacial score (nSPS) is 22.5. The highest BCUT2D eigenvalue weighted by molar-refractivity contribution is 8.04. The van der Waals surface area contributed by atoms with Crippen molar-refractivity contribution in [3.63, 3.8) is 0 Å². The number of piperidine rings is 2. The van der Waals surface area contributed by atoms with Gasteiger partial charge in [-0.2, -0.15) is 0 Å². The Kier molecular flexibility index (Phi) is 8.26. The fourth-order valence-corrected chi connectivity index (χ4v) is 7.88. The maximum Gasteiger partial charge on any atom is 0.243 e. The molecule has 6 rings (SSSR count). The average molecular weight is 591 g/mol. The van der Waals surface area contributed by atoms with Crippen molar-refractivity contribution in [3.8, 4) is 5.75 Å². The number of hydrogen-bond donors (Lipinski definition) is 1. The van der Waals surface area contributed by atoms with Gasteiger partial charge < -0.3 is 19.5 Å². The Bertz CT molecular complexity index is 1350. The number of ether oxygens (including phenoxy) is 2. The van der Waals surface area contributed by atoms with Crippen molar-refractivity contribution >= 4 is 29.1 Å². The molecule has 7 nitrogen and oxygen atoms in total. The molecule has 2 aromatic carbocycles. The summed E-state index contributed by atoms with van der Waals surface area (Å²) in [5, 5.41) is 10.6. The summed E-state index contributed by atoms with van der Waals surface area (Å²) < 4.78 is 12.5. The number of ketones is 2. The molecule has 0 unspecified atom stereocenters. The molecule has 0 aromatic heterocycles. The molecule has 1 spiro atoms. The van der Waals surface area contributed by atoms with E-state index >= 15 is 0 Å². The van der Waals surface area contributed by atoms with Gasteiger partial charge in [0, 0.05) is 55.4 Å². The van der Waals surface area contributed by atoms with Crippen LogP contribution < -0.4 is 4.74 Å².